The zero-order valence-electron chi connectivity index (χ0n) is 14.3. The Hall–Kier alpha value is -1.09. The number of hydrogen-bond donors (Lipinski definition) is 0. The van der Waals surface area contributed by atoms with E-state index in [0.29, 0.717) is 0 Å². The van der Waals surface area contributed by atoms with Gasteiger partial charge in [-0.2, -0.15) is 0 Å². The summed E-state index contributed by atoms with van der Waals surface area (Å²) >= 11 is 0. The van der Waals surface area contributed by atoms with Gasteiger partial charge in [0.2, 0.25) is 0 Å². The molecule has 0 saturated carbocycles. The molecule has 0 spiro atoms. The molecule has 132 valence electrons. The molecule has 2 atom stereocenters. The summed E-state index contributed by atoms with van der Waals surface area (Å²) in [6.45, 7) is 8.19. The molecule has 0 saturated heterocycles. The van der Waals surface area contributed by atoms with Gasteiger partial charge in [-0.3, -0.25) is 9.59 Å². The second-order valence-corrected chi connectivity index (χ2v) is 3.88. The third-order valence-corrected chi connectivity index (χ3v) is 1.93. The molecule has 23 heavy (non-hydrogen) atoms. The number of carboxylic acid groups (broad SMARTS) is 2. The Kier molecular flexibility index (Phi) is 33.8. The third kappa shape index (κ3) is 33.6. The summed E-state index contributed by atoms with van der Waals surface area (Å²) in [6, 6.07) is 0. The topological polar surface area (TPSA) is 161 Å². The second-order valence-electron chi connectivity index (χ2n) is 3.88. The summed E-state index contributed by atoms with van der Waals surface area (Å²) in [5.74, 6) is -5.28. The van der Waals surface area contributed by atoms with E-state index in [-0.39, 0.29) is 46.5 Å². The number of carbonyl (C=O) groups is 4. The fraction of sp³-hybridized carbons (Fsp3) is 0.714. The Morgan fingerprint density at radius 3 is 0.870 bits per heavy atom. The maximum absolute atomic E-state index is 10.2. The molecule has 0 fully saturated rings. The largest absolute Gasteiger partial charge is 4.00 e. The second kappa shape index (κ2) is 23.2. The van der Waals surface area contributed by atoms with Crippen molar-refractivity contribution in [2.45, 2.75) is 41.5 Å². The number of carboxylic acids is 2. The zero-order chi connectivity index (χ0) is 18.9. The standard InChI is InChI=1S/2C5H8O3.2C2H5O.Ti/c2*1-3(4(2)6)5(7)8;2*1-2-3;/h2*3H,1-2H3,(H,7,8);2*2H2,1H3;/q;;2*-1;+4/p-2. The van der Waals surface area contributed by atoms with Crippen LogP contribution in [0.1, 0.15) is 41.5 Å². The fourth-order valence-corrected chi connectivity index (χ4v) is 0.332. The maximum Gasteiger partial charge on any atom is 4.00 e. The van der Waals surface area contributed by atoms with Crippen molar-refractivity contribution >= 4 is 23.5 Å². The van der Waals surface area contributed by atoms with Crippen LogP contribution in [0, 0.1) is 11.8 Å². The summed E-state index contributed by atoms with van der Waals surface area (Å²) in [4.78, 5) is 39.9. The van der Waals surface area contributed by atoms with E-state index in [1.807, 2.05) is 0 Å². The molecule has 0 aromatic rings. The molecule has 0 bridgehead atoms. The first-order valence-electron chi connectivity index (χ1n) is 6.53. The van der Waals surface area contributed by atoms with Crippen LogP contribution in [0.5, 0.6) is 0 Å². The van der Waals surface area contributed by atoms with E-state index in [1.54, 1.807) is 13.8 Å². The number of aliphatic carboxylic acids is 2. The molecule has 0 amide bonds. The minimum absolute atomic E-state index is 0. The van der Waals surface area contributed by atoms with Crippen LogP contribution in [0.3, 0.4) is 0 Å². The first kappa shape index (κ1) is 33.5. The van der Waals surface area contributed by atoms with Crippen molar-refractivity contribution in [2.75, 3.05) is 13.2 Å². The predicted molar refractivity (Wildman–Crippen MR) is 70.8 cm³/mol. The SMILES string of the molecule is CC(=O)C(C)C(=O)[O-].CC(=O)C(C)C(=O)[O-].CC[O-].CC[O-].[Ti+4]. The van der Waals surface area contributed by atoms with Crippen LogP contribution < -0.4 is 20.4 Å². The van der Waals surface area contributed by atoms with Crippen molar-refractivity contribution in [1.29, 1.82) is 0 Å². The first-order valence-corrected chi connectivity index (χ1v) is 6.53. The minimum atomic E-state index is -1.31. The molecule has 0 radical (unpaired) electrons. The Labute approximate surface area is 151 Å². The van der Waals surface area contributed by atoms with Crippen LogP contribution in [0.15, 0.2) is 0 Å². The molecule has 0 aliphatic rings. The molecular weight excluding hydrogens is 344 g/mol. The van der Waals surface area contributed by atoms with Crippen LogP contribution in [-0.4, -0.2) is 36.7 Å². The van der Waals surface area contributed by atoms with E-state index < -0.39 is 23.8 Å². The molecule has 0 heterocycles. The van der Waals surface area contributed by atoms with E-state index in [4.69, 9.17) is 10.2 Å². The molecule has 0 aromatic carbocycles. The molecule has 0 rings (SSSR count). The van der Waals surface area contributed by atoms with Gasteiger partial charge in [0, 0.05) is 0 Å². The molecule has 2 unspecified atom stereocenters. The van der Waals surface area contributed by atoms with Crippen molar-refractivity contribution in [3.05, 3.63) is 0 Å². The van der Waals surface area contributed by atoms with E-state index in [2.05, 4.69) is 0 Å². The zero-order valence-corrected chi connectivity index (χ0v) is 15.9. The van der Waals surface area contributed by atoms with Gasteiger partial charge in [-0.05, 0) is 13.8 Å². The summed E-state index contributed by atoms with van der Waals surface area (Å²) < 4.78 is 0. The van der Waals surface area contributed by atoms with Crippen molar-refractivity contribution < 1.29 is 61.3 Å². The van der Waals surface area contributed by atoms with E-state index >= 15 is 0 Å². The van der Waals surface area contributed by atoms with E-state index in [9.17, 15) is 29.4 Å². The Balaban J connectivity index is -0.0000000680. The first-order chi connectivity index (χ1) is 9.94. The van der Waals surface area contributed by atoms with Crippen molar-refractivity contribution in [3.63, 3.8) is 0 Å². The van der Waals surface area contributed by atoms with Gasteiger partial charge in [0.15, 0.2) is 0 Å². The van der Waals surface area contributed by atoms with Gasteiger partial charge < -0.3 is 30.0 Å². The molecule has 0 N–H and O–H groups in total. The van der Waals surface area contributed by atoms with Gasteiger partial charge in [0.25, 0.3) is 0 Å². The molecule has 0 aliphatic carbocycles. The maximum atomic E-state index is 10.2. The third-order valence-electron chi connectivity index (χ3n) is 1.93. The summed E-state index contributed by atoms with van der Waals surface area (Å²) in [6.07, 6.45) is 0. The number of hydrogen-bond acceptors (Lipinski definition) is 8. The van der Waals surface area contributed by atoms with Crippen LogP contribution in [0.25, 0.3) is 0 Å². The monoisotopic (exact) mass is 368 g/mol. The van der Waals surface area contributed by atoms with Gasteiger partial charge in [-0.1, -0.05) is 27.7 Å². The molecule has 9 heteroatoms. The van der Waals surface area contributed by atoms with Crippen LogP contribution >= 0.6 is 0 Å². The quantitative estimate of drug-likeness (QED) is 0.367. The molecule has 0 aromatic heterocycles. The summed E-state index contributed by atoms with van der Waals surface area (Å²) in [5.41, 5.74) is 0. The van der Waals surface area contributed by atoms with Gasteiger partial charge in [-0.25, -0.2) is 0 Å². The fourth-order valence-electron chi connectivity index (χ4n) is 0.332. The number of Topliss-reactive ketones (excluding diaryl/α,β-unsaturated/α-hetero) is 2. The Morgan fingerprint density at radius 2 is 0.870 bits per heavy atom. The average Bonchev–Trinajstić information content (AvgIpc) is 2.38. The van der Waals surface area contributed by atoms with Gasteiger partial charge >= 0.3 is 21.7 Å². The Morgan fingerprint density at radius 1 is 0.739 bits per heavy atom. The van der Waals surface area contributed by atoms with Crippen LogP contribution in [0.4, 0.5) is 0 Å². The van der Waals surface area contributed by atoms with Crippen molar-refractivity contribution in [1.82, 2.24) is 0 Å². The average molecular weight is 368 g/mol. The van der Waals surface area contributed by atoms with E-state index in [0.717, 1.165) is 0 Å². The van der Waals surface area contributed by atoms with Gasteiger partial charge in [0.05, 0.1) is 23.8 Å². The molecule has 8 nitrogen and oxygen atoms in total. The smallest absolute Gasteiger partial charge is 0.855 e. The van der Waals surface area contributed by atoms with E-state index in [1.165, 1.54) is 27.7 Å². The van der Waals surface area contributed by atoms with Crippen molar-refractivity contribution in [3.8, 4) is 0 Å². The number of carbonyl (C=O) groups excluding carboxylic acids is 4. The van der Waals surface area contributed by atoms with Crippen LogP contribution in [0.2, 0.25) is 0 Å². The number of rotatable bonds is 4. The molecule has 0 aliphatic heterocycles. The number of ketones is 2. The summed E-state index contributed by atoms with van der Waals surface area (Å²) in [7, 11) is 0. The van der Waals surface area contributed by atoms with Crippen molar-refractivity contribution in [2.24, 2.45) is 11.8 Å². The summed E-state index contributed by atoms with van der Waals surface area (Å²) in [5, 5.41) is 37.5. The van der Waals surface area contributed by atoms with Crippen LogP contribution in [-0.2, 0) is 40.9 Å². The van der Waals surface area contributed by atoms with Gasteiger partial charge in [-0.15, -0.1) is 13.2 Å². The Bertz CT molecular complexity index is 271. The normalized spacial score (nSPS) is 10.4. The predicted octanol–water partition coefficient (Wildman–Crippen LogP) is -3.35. The van der Waals surface area contributed by atoms with Gasteiger partial charge in [0.1, 0.15) is 11.6 Å². The molecular formula is C14H24O8Ti. The minimum Gasteiger partial charge on any atom is -0.855 e.